The summed E-state index contributed by atoms with van der Waals surface area (Å²) in [5, 5.41) is 9.28. The fourth-order valence-corrected chi connectivity index (χ4v) is 4.45. The van der Waals surface area contributed by atoms with E-state index in [9.17, 15) is 14.0 Å². The van der Waals surface area contributed by atoms with Gasteiger partial charge in [-0.1, -0.05) is 6.07 Å². The van der Waals surface area contributed by atoms with Crippen molar-refractivity contribution >= 4 is 39.0 Å². The number of hydrogen-bond donors (Lipinski definition) is 0. The van der Waals surface area contributed by atoms with E-state index in [1.54, 1.807) is 36.4 Å². The Morgan fingerprint density at radius 1 is 1.18 bits per heavy atom. The van der Waals surface area contributed by atoms with Gasteiger partial charge in [0.25, 0.3) is 5.91 Å². The third-order valence-electron chi connectivity index (χ3n) is 4.77. The van der Waals surface area contributed by atoms with Crippen LogP contribution in [0.1, 0.15) is 28.6 Å². The normalized spacial score (nSPS) is 10.6. The standard InChI is InChI=1S/C24H23FN2O5S/c1-3-31-17-10-8-16(9-11-17)27(13-5-12-26)21(28)15-32-24(29)23-18(14-30-2)22-19(25)6-4-7-20(22)33-23/h4,6-11H,3,5,13-15H2,1-2H3. The predicted octanol–water partition coefficient (Wildman–Crippen LogP) is 4.69. The molecule has 7 nitrogen and oxygen atoms in total. The molecule has 0 aliphatic carbocycles. The number of esters is 1. The van der Waals surface area contributed by atoms with Gasteiger partial charge in [-0.05, 0) is 43.3 Å². The van der Waals surface area contributed by atoms with Crippen LogP contribution in [0.3, 0.4) is 0 Å². The minimum Gasteiger partial charge on any atom is -0.494 e. The molecule has 1 heterocycles. The molecule has 0 saturated heterocycles. The van der Waals surface area contributed by atoms with E-state index in [0.29, 0.717) is 33.7 Å². The van der Waals surface area contributed by atoms with Crippen LogP contribution in [0, 0.1) is 17.1 Å². The third kappa shape index (κ3) is 5.66. The first-order valence-corrected chi connectivity index (χ1v) is 11.1. The van der Waals surface area contributed by atoms with Crippen molar-refractivity contribution in [1.82, 2.24) is 0 Å². The van der Waals surface area contributed by atoms with E-state index in [2.05, 4.69) is 0 Å². The average molecular weight is 471 g/mol. The van der Waals surface area contributed by atoms with E-state index < -0.39 is 24.3 Å². The third-order valence-corrected chi connectivity index (χ3v) is 5.95. The van der Waals surface area contributed by atoms with Gasteiger partial charge in [0, 0.05) is 35.0 Å². The second kappa shape index (κ2) is 11.4. The Morgan fingerprint density at radius 2 is 1.94 bits per heavy atom. The van der Waals surface area contributed by atoms with Crippen molar-refractivity contribution in [1.29, 1.82) is 5.26 Å². The number of ether oxygens (including phenoxy) is 3. The number of carbonyl (C=O) groups is 2. The second-order valence-corrected chi connectivity index (χ2v) is 7.96. The number of amides is 1. The van der Waals surface area contributed by atoms with Gasteiger partial charge < -0.3 is 19.1 Å². The maximum atomic E-state index is 14.4. The van der Waals surface area contributed by atoms with Gasteiger partial charge in [-0.25, -0.2) is 9.18 Å². The molecule has 0 aliphatic rings. The zero-order valence-corrected chi connectivity index (χ0v) is 19.1. The number of nitrogens with zero attached hydrogens (tertiary/aromatic N) is 2. The SMILES string of the molecule is CCOc1ccc(N(CCC#N)C(=O)COC(=O)c2sc3cccc(F)c3c2COC)cc1. The largest absolute Gasteiger partial charge is 0.494 e. The molecule has 33 heavy (non-hydrogen) atoms. The van der Waals surface area contributed by atoms with Crippen molar-refractivity contribution in [3.05, 3.63) is 58.7 Å². The monoisotopic (exact) mass is 470 g/mol. The van der Waals surface area contributed by atoms with Crippen LogP contribution in [-0.4, -0.2) is 38.7 Å². The molecule has 9 heteroatoms. The van der Waals surface area contributed by atoms with Crippen LogP contribution in [0.15, 0.2) is 42.5 Å². The van der Waals surface area contributed by atoms with Crippen LogP contribution in [-0.2, 0) is 20.9 Å². The molecule has 0 N–H and O–H groups in total. The van der Waals surface area contributed by atoms with Gasteiger partial charge in [-0.3, -0.25) is 4.79 Å². The van der Waals surface area contributed by atoms with Crippen LogP contribution in [0.2, 0.25) is 0 Å². The number of carbonyl (C=O) groups excluding carboxylic acids is 2. The van der Waals surface area contributed by atoms with Gasteiger partial charge >= 0.3 is 5.97 Å². The summed E-state index contributed by atoms with van der Waals surface area (Å²) in [5.41, 5.74) is 0.944. The number of halogens is 1. The first-order chi connectivity index (χ1) is 16.0. The maximum absolute atomic E-state index is 14.4. The molecule has 3 aromatic rings. The van der Waals surface area contributed by atoms with Crippen LogP contribution >= 0.6 is 11.3 Å². The molecule has 3 rings (SSSR count). The number of nitriles is 1. The lowest BCUT2D eigenvalue weighted by molar-refractivity contribution is -0.121. The summed E-state index contributed by atoms with van der Waals surface area (Å²) < 4.78 is 30.8. The molecule has 0 saturated carbocycles. The lowest BCUT2D eigenvalue weighted by Gasteiger charge is -2.22. The van der Waals surface area contributed by atoms with E-state index in [1.807, 2.05) is 13.0 Å². The van der Waals surface area contributed by atoms with Gasteiger partial charge in [0.05, 0.1) is 25.7 Å². The zero-order valence-electron chi connectivity index (χ0n) is 18.3. The highest BCUT2D eigenvalue weighted by atomic mass is 32.1. The molecule has 0 spiro atoms. The Balaban J connectivity index is 1.77. The summed E-state index contributed by atoms with van der Waals surface area (Å²) in [6.07, 6.45) is 0.112. The Labute approximate surface area is 194 Å². The van der Waals surface area contributed by atoms with Gasteiger partial charge in [0.15, 0.2) is 6.61 Å². The topological polar surface area (TPSA) is 88.9 Å². The van der Waals surface area contributed by atoms with E-state index in [0.717, 1.165) is 11.3 Å². The van der Waals surface area contributed by atoms with Gasteiger partial charge in [0.1, 0.15) is 16.4 Å². The fourth-order valence-electron chi connectivity index (χ4n) is 3.33. The minimum atomic E-state index is -0.733. The number of benzene rings is 2. The molecular weight excluding hydrogens is 447 g/mol. The molecule has 0 unspecified atom stereocenters. The van der Waals surface area contributed by atoms with Gasteiger partial charge in [-0.15, -0.1) is 11.3 Å². The second-order valence-electron chi connectivity index (χ2n) is 6.91. The van der Waals surface area contributed by atoms with Gasteiger partial charge in [-0.2, -0.15) is 5.26 Å². The van der Waals surface area contributed by atoms with E-state index in [-0.39, 0.29) is 24.4 Å². The number of thiophene rings is 1. The van der Waals surface area contributed by atoms with Crippen molar-refractivity contribution in [2.45, 2.75) is 20.0 Å². The summed E-state index contributed by atoms with van der Waals surface area (Å²) in [6, 6.07) is 13.4. The van der Waals surface area contributed by atoms with Crippen molar-refractivity contribution in [2.75, 3.05) is 31.8 Å². The first-order valence-electron chi connectivity index (χ1n) is 10.3. The summed E-state index contributed by atoms with van der Waals surface area (Å²) in [7, 11) is 1.45. The lowest BCUT2D eigenvalue weighted by Crippen LogP contribution is -2.35. The molecule has 172 valence electrons. The van der Waals surface area contributed by atoms with Crippen LogP contribution < -0.4 is 9.64 Å². The lowest BCUT2D eigenvalue weighted by atomic mass is 10.1. The van der Waals surface area contributed by atoms with E-state index in [1.165, 1.54) is 18.1 Å². The highest BCUT2D eigenvalue weighted by Crippen LogP contribution is 2.34. The van der Waals surface area contributed by atoms with Crippen LogP contribution in [0.4, 0.5) is 10.1 Å². The Hall–Kier alpha value is -3.48. The van der Waals surface area contributed by atoms with Crippen molar-refractivity contribution < 1.29 is 28.2 Å². The van der Waals surface area contributed by atoms with E-state index >= 15 is 0 Å². The van der Waals surface area contributed by atoms with Crippen LogP contribution in [0.5, 0.6) is 5.75 Å². The van der Waals surface area contributed by atoms with Crippen molar-refractivity contribution in [3.8, 4) is 11.8 Å². The quantitative estimate of drug-likeness (QED) is 0.400. The summed E-state index contributed by atoms with van der Waals surface area (Å²) in [6.45, 7) is 2.03. The molecule has 2 aromatic carbocycles. The van der Waals surface area contributed by atoms with E-state index in [4.69, 9.17) is 19.5 Å². The van der Waals surface area contributed by atoms with Crippen LogP contribution in [0.25, 0.3) is 10.1 Å². The highest BCUT2D eigenvalue weighted by molar-refractivity contribution is 7.21. The van der Waals surface area contributed by atoms with Crippen molar-refractivity contribution in [3.63, 3.8) is 0 Å². The van der Waals surface area contributed by atoms with Gasteiger partial charge in [0.2, 0.25) is 0 Å². The minimum absolute atomic E-state index is 0.0276. The molecule has 0 radical (unpaired) electrons. The fraction of sp³-hybridized carbons (Fsp3) is 0.292. The number of anilines is 1. The number of fused-ring (bicyclic) bond motifs is 1. The Bertz CT molecular complexity index is 1170. The number of rotatable bonds is 10. The smallest absolute Gasteiger partial charge is 0.349 e. The average Bonchev–Trinajstić information content (AvgIpc) is 3.19. The highest BCUT2D eigenvalue weighted by Gasteiger charge is 2.24. The molecule has 0 aliphatic heterocycles. The zero-order chi connectivity index (χ0) is 23.8. The first kappa shape index (κ1) is 24.2. The predicted molar refractivity (Wildman–Crippen MR) is 123 cm³/mol. The molecule has 1 aromatic heterocycles. The maximum Gasteiger partial charge on any atom is 0.349 e. The number of methoxy groups -OCH3 is 1. The summed E-state index contributed by atoms with van der Waals surface area (Å²) in [5.74, 6) is -1.02. The molecular formula is C24H23FN2O5S. The van der Waals surface area contributed by atoms with Crippen molar-refractivity contribution in [2.24, 2.45) is 0 Å². The molecule has 0 atom stereocenters. The molecule has 0 fully saturated rings. The summed E-state index contributed by atoms with van der Waals surface area (Å²) >= 11 is 1.09. The molecule has 0 bridgehead atoms. The molecule has 1 amide bonds. The Kier molecular flexibility index (Phi) is 8.35. The number of hydrogen-bond acceptors (Lipinski definition) is 7. The Morgan fingerprint density at radius 3 is 2.61 bits per heavy atom. The summed E-state index contributed by atoms with van der Waals surface area (Å²) in [4.78, 5) is 27.2.